The van der Waals surface area contributed by atoms with Gasteiger partial charge in [0.2, 0.25) is 0 Å². The van der Waals surface area contributed by atoms with Crippen LogP contribution in [0.25, 0.3) is 0 Å². The van der Waals surface area contributed by atoms with Gasteiger partial charge in [0.1, 0.15) is 0 Å². The molecule has 1 aliphatic heterocycles. The van der Waals surface area contributed by atoms with Crippen LogP contribution in [0, 0.1) is 5.21 Å². The lowest BCUT2D eigenvalue weighted by molar-refractivity contribution is -0.912. The number of rotatable bonds is 0. The fourth-order valence-corrected chi connectivity index (χ4v) is 1.66. The van der Waals surface area contributed by atoms with Crippen molar-refractivity contribution >= 4 is 0 Å². The van der Waals surface area contributed by atoms with Gasteiger partial charge in [0.05, 0.1) is 19.1 Å². The van der Waals surface area contributed by atoms with Crippen LogP contribution in [0.3, 0.4) is 0 Å². The molecule has 0 radical (unpaired) electrons. The molecule has 2 heteroatoms. The van der Waals surface area contributed by atoms with Gasteiger partial charge in [-0.1, -0.05) is 0 Å². The molecule has 0 aromatic rings. The molecule has 0 spiro atoms. The van der Waals surface area contributed by atoms with Crippen LogP contribution in [-0.2, 0) is 0 Å². The maximum absolute atomic E-state index is 11.7. The topological polar surface area (TPSA) is 23.1 Å². The Morgan fingerprint density at radius 3 is 1.90 bits per heavy atom. The molecule has 1 unspecified atom stereocenters. The second-order valence-electron chi connectivity index (χ2n) is 3.69. The first kappa shape index (κ1) is 8.02. The van der Waals surface area contributed by atoms with Crippen molar-refractivity contribution in [1.82, 2.24) is 0 Å². The smallest absolute Gasteiger partial charge is 0.0858 e. The standard InChI is InChI=1S/C8H17NO/c1-7-5-4-6-8(2)9(7,3)10/h7-8H,4-6H2,1-3H3/t7-,8+,9?. The first-order chi connectivity index (χ1) is 4.55. The number of nitrogens with zero attached hydrogens (tertiary/aromatic N) is 1. The van der Waals surface area contributed by atoms with E-state index < -0.39 is 0 Å². The van der Waals surface area contributed by atoms with Gasteiger partial charge in [-0.3, -0.25) is 0 Å². The number of hydrogen-bond donors (Lipinski definition) is 0. The van der Waals surface area contributed by atoms with Gasteiger partial charge in [-0.2, -0.15) is 0 Å². The van der Waals surface area contributed by atoms with Crippen LogP contribution in [0.1, 0.15) is 33.1 Å². The van der Waals surface area contributed by atoms with Gasteiger partial charge >= 0.3 is 0 Å². The highest BCUT2D eigenvalue weighted by atomic mass is 16.5. The van der Waals surface area contributed by atoms with Gasteiger partial charge in [0.15, 0.2) is 0 Å². The van der Waals surface area contributed by atoms with Crippen LogP contribution in [0.15, 0.2) is 0 Å². The van der Waals surface area contributed by atoms with Crippen LogP contribution in [0.2, 0.25) is 0 Å². The second kappa shape index (κ2) is 2.51. The Labute approximate surface area is 63.0 Å². The van der Waals surface area contributed by atoms with E-state index in [-0.39, 0.29) is 4.65 Å². The van der Waals surface area contributed by atoms with E-state index in [1.54, 1.807) is 7.05 Å². The molecule has 0 saturated carbocycles. The van der Waals surface area contributed by atoms with Crippen LogP contribution >= 0.6 is 0 Å². The third kappa shape index (κ3) is 1.18. The van der Waals surface area contributed by atoms with Crippen molar-refractivity contribution < 1.29 is 4.65 Å². The zero-order valence-electron chi connectivity index (χ0n) is 7.13. The van der Waals surface area contributed by atoms with Crippen molar-refractivity contribution in [3.8, 4) is 0 Å². The van der Waals surface area contributed by atoms with Gasteiger partial charge in [0, 0.05) is 0 Å². The van der Waals surface area contributed by atoms with Crippen LogP contribution in [0.5, 0.6) is 0 Å². The van der Waals surface area contributed by atoms with Crippen LogP contribution in [-0.4, -0.2) is 23.8 Å². The number of hydroxylamine groups is 3. The minimum Gasteiger partial charge on any atom is -0.633 e. The summed E-state index contributed by atoms with van der Waals surface area (Å²) in [6, 6.07) is 0.618. The molecule has 0 amide bonds. The maximum atomic E-state index is 11.7. The molecular weight excluding hydrogens is 126 g/mol. The van der Waals surface area contributed by atoms with Crippen LogP contribution < -0.4 is 0 Å². The predicted octanol–water partition coefficient (Wildman–Crippen LogP) is 1.89. The summed E-state index contributed by atoms with van der Waals surface area (Å²) in [4.78, 5) is 0. The first-order valence-corrected chi connectivity index (χ1v) is 4.12. The van der Waals surface area contributed by atoms with E-state index >= 15 is 0 Å². The zero-order chi connectivity index (χ0) is 7.78. The first-order valence-electron chi connectivity index (χ1n) is 4.12. The summed E-state index contributed by atoms with van der Waals surface area (Å²) in [7, 11) is 1.80. The molecule has 0 aliphatic carbocycles. The van der Waals surface area contributed by atoms with E-state index in [0.717, 1.165) is 12.8 Å². The highest BCUT2D eigenvalue weighted by Crippen LogP contribution is 2.27. The monoisotopic (exact) mass is 143 g/mol. The average molecular weight is 143 g/mol. The summed E-state index contributed by atoms with van der Waals surface area (Å²) in [6.45, 7) is 4.12. The minimum absolute atomic E-state index is 0.0278. The molecule has 10 heavy (non-hydrogen) atoms. The average Bonchev–Trinajstić information content (AvgIpc) is 1.84. The Hall–Kier alpha value is -0.0800. The summed E-state index contributed by atoms with van der Waals surface area (Å²) in [6.07, 6.45) is 3.44. The van der Waals surface area contributed by atoms with E-state index in [9.17, 15) is 5.21 Å². The minimum atomic E-state index is -0.0278. The summed E-state index contributed by atoms with van der Waals surface area (Å²) >= 11 is 0. The summed E-state index contributed by atoms with van der Waals surface area (Å²) in [5.74, 6) is 0. The lowest BCUT2D eigenvalue weighted by atomic mass is 9.98. The number of piperidine rings is 1. The zero-order valence-corrected chi connectivity index (χ0v) is 7.13. The normalized spacial score (nSPS) is 49.2. The molecule has 60 valence electrons. The van der Waals surface area contributed by atoms with Gasteiger partial charge in [-0.05, 0) is 33.1 Å². The van der Waals surface area contributed by atoms with Crippen molar-refractivity contribution in [1.29, 1.82) is 0 Å². The molecule has 0 aromatic heterocycles. The van der Waals surface area contributed by atoms with E-state index in [2.05, 4.69) is 13.8 Å². The van der Waals surface area contributed by atoms with Gasteiger partial charge < -0.3 is 9.85 Å². The molecule has 0 N–H and O–H groups in total. The molecule has 1 heterocycles. The molecule has 1 aliphatic rings. The van der Waals surface area contributed by atoms with E-state index in [4.69, 9.17) is 0 Å². The Morgan fingerprint density at radius 1 is 1.20 bits per heavy atom. The van der Waals surface area contributed by atoms with Crippen molar-refractivity contribution in [3.05, 3.63) is 5.21 Å². The number of hydrogen-bond acceptors (Lipinski definition) is 1. The second-order valence-corrected chi connectivity index (χ2v) is 3.69. The van der Waals surface area contributed by atoms with Crippen molar-refractivity contribution in [2.45, 2.75) is 45.2 Å². The van der Waals surface area contributed by atoms with E-state index in [0.29, 0.717) is 12.1 Å². The summed E-state index contributed by atoms with van der Waals surface area (Å²) in [5.41, 5.74) is 0. The highest BCUT2D eigenvalue weighted by molar-refractivity contribution is 4.66. The lowest BCUT2D eigenvalue weighted by Gasteiger charge is -2.51. The van der Waals surface area contributed by atoms with E-state index in [1.165, 1.54) is 6.42 Å². The molecule has 2 nitrogen and oxygen atoms in total. The third-order valence-electron chi connectivity index (χ3n) is 2.99. The largest absolute Gasteiger partial charge is 0.633 e. The molecule has 3 atom stereocenters. The predicted molar refractivity (Wildman–Crippen MR) is 42.3 cm³/mol. The Morgan fingerprint density at radius 2 is 1.60 bits per heavy atom. The van der Waals surface area contributed by atoms with Crippen molar-refractivity contribution in [2.75, 3.05) is 7.05 Å². The Kier molecular flexibility index (Phi) is 2.02. The van der Waals surface area contributed by atoms with Gasteiger partial charge in [0.25, 0.3) is 0 Å². The van der Waals surface area contributed by atoms with Crippen LogP contribution in [0.4, 0.5) is 0 Å². The number of likely N-dealkylation sites (tertiary alicyclic amines) is 1. The molecule has 1 saturated heterocycles. The molecule has 0 bridgehead atoms. The maximum Gasteiger partial charge on any atom is 0.0858 e. The quantitative estimate of drug-likeness (QED) is 0.375. The fraction of sp³-hybridized carbons (Fsp3) is 1.00. The van der Waals surface area contributed by atoms with E-state index in [1.807, 2.05) is 0 Å². The molecule has 0 aromatic carbocycles. The van der Waals surface area contributed by atoms with Crippen molar-refractivity contribution in [2.24, 2.45) is 0 Å². The Bertz CT molecular complexity index is 110. The summed E-state index contributed by atoms with van der Waals surface area (Å²) in [5, 5.41) is 11.7. The number of quaternary nitrogens is 1. The lowest BCUT2D eigenvalue weighted by Crippen LogP contribution is -2.54. The molecule has 1 fully saturated rings. The summed E-state index contributed by atoms with van der Waals surface area (Å²) < 4.78 is -0.0278. The fourth-order valence-electron chi connectivity index (χ4n) is 1.66. The molecule has 1 rings (SSSR count). The highest BCUT2D eigenvalue weighted by Gasteiger charge is 2.30. The van der Waals surface area contributed by atoms with Gasteiger partial charge in [-0.25, -0.2) is 0 Å². The van der Waals surface area contributed by atoms with Gasteiger partial charge in [-0.15, -0.1) is 0 Å². The molecular formula is C8H17NO. The van der Waals surface area contributed by atoms with Crippen molar-refractivity contribution in [3.63, 3.8) is 0 Å². The Balaban J connectivity index is 2.63. The third-order valence-corrected chi connectivity index (χ3v) is 2.99. The SMILES string of the molecule is C[C@@H]1CCC[C@H](C)[N+]1(C)[O-].